The maximum atomic E-state index is 12.8. The second kappa shape index (κ2) is 9.59. The third kappa shape index (κ3) is 5.08. The lowest BCUT2D eigenvalue weighted by Crippen LogP contribution is -2.44. The van der Waals surface area contributed by atoms with Crippen molar-refractivity contribution >= 4 is 57.8 Å². The molecule has 1 atom stereocenters. The van der Waals surface area contributed by atoms with Crippen molar-refractivity contribution in [3.63, 3.8) is 0 Å². The van der Waals surface area contributed by atoms with Crippen molar-refractivity contribution in [2.24, 2.45) is 0 Å². The highest BCUT2D eigenvalue weighted by molar-refractivity contribution is 7.98. The van der Waals surface area contributed by atoms with Crippen LogP contribution in [-0.4, -0.2) is 44.8 Å². The fraction of sp³-hybridized carbons (Fsp3) is 0.211. The molecule has 3 rings (SSSR count). The molecule has 1 aromatic heterocycles. The van der Waals surface area contributed by atoms with Gasteiger partial charge in [0.1, 0.15) is 6.04 Å². The van der Waals surface area contributed by atoms with Crippen LogP contribution in [0, 0.1) is 10.1 Å². The van der Waals surface area contributed by atoms with E-state index in [0.29, 0.717) is 17.7 Å². The summed E-state index contributed by atoms with van der Waals surface area (Å²) >= 11 is 7.55. The number of anilines is 1. The number of nitrogens with one attached hydrogen (secondary N) is 3. The number of carbonyl (C=O) groups is 2. The van der Waals surface area contributed by atoms with Crippen molar-refractivity contribution in [3.05, 3.63) is 63.2 Å². The van der Waals surface area contributed by atoms with Crippen molar-refractivity contribution in [3.8, 4) is 0 Å². The van der Waals surface area contributed by atoms with Crippen LogP contribution >= 0.6 is 23.4 Å². The highest BCUT2D eigenvalue weighted by atomic mass is 35.5. The molecule has 0 aliphatic heterocycles. The fourth-order valence-electron chi connectivity index (χ4n) is 2.76. The van der Waals surface area contributed by atoms with Crippen LogP contribution in [-0.2, 0) is 4.79 Å². The second-order valence-electron chi connectivity index (χ2n) is 6.32. The molecule has 156 valence electrons. The standard InChI is InChI=1S/C19H18ClN5O4S/c1-30-9-8-16(18(27)24-19-22-14-4-2-3-5-15(14)23-19)21-17(26)12-10-11(25(28)29)6-7-13(12)20/h2-7,10,16H,8-9H2,1H3,(H,21,26)(H2,22,23,24,27)/t16-/m0/s1. The molecule has 11 heteroatoms. The number of non-ortho nitro benzene ring substituents is 1. The number of para-hydroxylation sites is 2. The molecule has 0 aliphatic rings. The van der Waals surface area contributed by atoms with Gasteiger partial charge in [-0.1, -0.05) is 23.7 Å². The van der Waals surface area contributed by atoms with Crippen LogP contribution < -0.4 is 10.6 Å². The Labute approximate surface area is 180 Å². The number of carbonyl (C=O) groups excluding carboxylic acids is 2. The van der Waals surface area contributed by atoms with Crippen LogP contribution in [0.2, 0.25) is 5.02 Å². The van der Waals surface area contributed by atoms with E-state index in [1.807, 2.05) is 24.5 Å². The number of thioether (sulfide) groups is 1. The number of nitro groups is 1. The van der Waals surface area contributed by atoms with Crippen molar-refractivity contribution in [2.45, 2.75) is 12.5 Å². The van der Waals surface area contributed by atoms with Crippen molar-refractivity contribution < 1.29 is 14.5 Å². The molecule has 30 heavy (non-hydrogen) atoms. The molecule has 0 fully saturated rings. The third-order valence-corrected chi connectivity index (χ3v) is 5.24. The summed E-state index contributed by atoms with van der Waals surface area (Å²) in [6.45, 7) is 0. The van der Waals surface area contributed by atoms with Gasteiger partial charge in [-0.15, -0.1) is 0 Å². The quantitative estimate of drug-likeness (QED) is 0.357. The first-order valence-electron chi connectivity index (χ1n) is 8.88. The van der Waals surface area contributed by atoms with E-state index >= 15 is 0 Å². The van der Waals surface area contributed by atoms with Gasteiger partial charge >= 0.3 is 0 Å². The van der Waals surface area contributed by atoms with Gasteiger partial charge in [-0.25, -0.2) is 4.98 Å². The molecular formula is C19H18ClN5O4S. The smallest absolute Gasteiger partial charge is 0.270 e. The number of aromatic nitrogens is 2. The number of hydrogen-bond acceptors (Lipinski definition) is 6. The lowest BCUT2D eigenvalue weighted by atomic mass is 10.1. The normalized spacial score (nSPS) is 11.8. The molecule has 1 heterocycles. The zero-order chi connectivity index (χ0) is 21.7. The van der Waals surface area contributed by atoms with Gasteiger partial charge in [0.05, 0.1) is 26.5 Å². The summed E-state index contributed by atoms with van der Waals surface area (Å²) in [5, 5.41) is 16.3. The Kier molecular flexibility index (Phi) is 6.91. The summed E-state index contributed by atoms with van der Waals surface area (Å²) in [6.07, 6.45) is 2.24. The highest BCUT2D eigenvalue weighted by Gasteiger charge is 2.24. The van der Waals surface area contributed by atoms with E-state index < -0.39 is 22.8 Å². The summed E-state index contributed by atoms with van der Waals surface area (Å²) in [5.41, 5.74) is 1.12. The Morgan fingerprint density at radius 2 is 2.07 bits per heavy atom. The molecule has 3 N–H and O–H groups in total. The van der Waals surface area contributed by atoms with E-state index in [0.717, 1.165) is 11.6 Å². The molecule has 0 saturated carbocycles. The first kappa shape index (κ1) is 21.6. The zero-order valence-electron chi connectivity index (χ0n) is 15.8. The number of nitro benzene ring substituents is 1. The first-order chi connectivity index (χ1) is 14.4. The van der Waals surface area contributed by atoms with Crippen molar-refractivity contribution in [2.75, 3.05) is 17.3 Å². The molecule has 0 aliphatic carbocycles. The molecule has 2 amide bonds. The number of imidazole rings is 1. The summed E-state index contributed by atoms with van der Waals surface area (Å²) in [6, 6.07) is 10.00. The zero-order valence-corrected chi connectivity index (χ0v) is 17.4. The Bertz CT molecular complexity index is 1070. The Hall–Kier alpha value is -3.11. The highest BCUT2D eigenvalue weighted by Crippen LogP contribution is 2.22. The van der Waals surface area contributed by atoms with Gasteiger partial charge in [-0.2, -0.15) is 11.8 Å². The molecule has 9 nitrogen and oxygen atoms in total. The number of amides is 2. The SMILES string of the molecule is CSCC[C@H](NC(=O)c1cc([N+](=O)[O-])ccc1Cl)C(=O)Nc1nc2ccccc2[nH]1. The average Bonchev–Trinajstić information content (AvgIpc) is 3.13. The molecule has 0 unspecified atom stereocenters. The predicted octanol–water partition coefficient (Wildman–Crippen LogP) is 3.61. The minimum absolute atomic E-state index is 0.0550. The van der Waals surface area contributed by atoms with Gasteiger partial charge in [0.2, 0.25) is 11.9 Å². The molecule has 0 bridgehead atoms. The van der Waals surface area contributed by atoms with Gasteiger partial charge in [0, 0.05) is 12.1 Å². The second-order valence-corrected chi connectivity index (χ2v) is 7.71. The van der Waals surface area contributed by atoms with Gasteiger partial charge < -0.3 is 10.3 Å². The van der Waals surface area contributed by atoms with E-state index in [4.69, 9.17) is 11.6 Å². The van der Waals surface area contributed by atoms with E-state index in [1.165, 1.54) is 23.9 Å². The number of H-pyrrole nitrogens is 1. The number of hydrogen-bond donors (Lipinski definition) is 3. The van der Waals surface area contributed by atoms with Crippen LogP contribution in [0.25, 0.3) is 11.0 Å². The lowest BCUT2D eigenvalue weighted by molar-refractivity contribution is -0.384. The summed E-state index contributed by atoms with van der Waals surface area (Å²) < 4.78 is 0. The third-order valence-electron chi connectivity index (χ3n) is 4.27. The number of fused-ring (bicyclic) bond motifs is 1. The lowest BCUT2D eigenvalue weighted by Gasteiger charge is -2.17. The van der Waals surface area contributed by atoms with E-state index in [1.54, 1.807) is 6.07 Å². The van der Waals surface area contributed by atoms with Crippen LogP contribution in [0.1, 0.15) is 16.8 Å². The van der Waals surface area contributed by atoms with Crippen LogP contribution in [0.4, 0.5) is 11.6 Å². The summed E-state index contributed by atoms with van der Waals surface area (Å²) in [4.78, 5) is 43.1. The molecule has 0 spiro atoms. The van der Waals surface area contributed by atoms with Gasteiger partial charge in [-0.3, -0.25) is 25.0 Å². The topological polar surface area (TPSA) is 130 Å². The van der Waals surface area contributed by atoms with E-state index in [9.17, 15) is 19.7 Å². The fourth-order valence-corrected chi connectivity index (χ4v) is 3.43. The molecule has 3 aromatic rings. The molecule has 0 saturated heterocycles. The van der Waals surface area contributed by atoms with E-state index in [2.05, 4.69) is 20.6 Å². The molecular weight excluding hydrogens is 430 g/mol. The predicted molar refractivity (Wildman–Crippen MR) is 117 cm³/mol. The number of benzene rings is 2. The summed E-state index contributed by atoms with van der Waals surface area (Å²) in [7, 11) is 0. The molecule has 0 radical (unpaired) electrons. The van der Waals surface area contributed by atoms with E-state index in [-0.39, 0.29) is 22.2 Å². The number of rotatable bonds is 8. The first-order valence-corrected chi connectivity index (χ1v) is 10.7. The number of halogens is 1. The minimum atomic E-state index is -0.881. The number of nitrogens with zero attached hydrogens (tertiary/aromatic N) is 2. The largest absolute Gasteiger partial charge is 0.340 e. The van der Waals surface area contributed by atoms with Gasteiger partial charge in [0.15, 0.2) is 0 Å². The van der Waals surface area contributed by atoms with Crippen LogP contribution in [0.3, 0.4) is 0 Å². The van der Waals surface area contributed by atoms with Crippen LogP contribution in [0.15, 0.2) is 42.5 Å². The minimum Gasteiger partial charge on any atom is -0.340 e. The Morgan fingerprint density at radius 1 is 1.30 bits per heavy atom. The molecule has 2 aromatic carbocycles. The van der Waals surface area contributed by atoms with Crippen molar-refractivity contribution in [1.82, 2.24) is 15.3 Å². The maximum Gasteiger partial charge on any atom is 0.270 e. The Morgan fingerprint density at radius 3 is 2.77 bits per heavy atom. The number of aromatic amines is 1. The Balaban J connectivity index is 1.78. The van der Waals surface area contributed by atoms with Gasteiger partial charge in [-0.05, 0) is 36.6 Å². The average molecular weight is 448 g/mol. The monoisotopic (exact) mass is 447 g/mol. The van der Waals surface area contributed by atoms with Gasteiger partial charge in [0.25, 0.3) is 11.6 Å². The summed E-state index contributed by atoms with van der Waals surface area (Å²) in [5.74, 6) is -0.258. The van der Waals surface area contributed by atoms with Crippen LogP contribution in [0.5, 0.6) is 0 Å². The van der Waals surface area contributed by atoms with Crippen molar-refractivity contribution in [1.29, 1.82) is 0 Å². The maximum absolute atomic E-state index is 12.8.